The molecule has 3 aromatic rings. The average molecular weight is 356 g/mol. The van der Waals surface area contributed by atoms with Gasteiger partial charge in [0.25, 0.3) is 0 Å². The molecule has 130 valence electrons. The fourth-order valence-corrected chi connectivity index (χ4v) is 3.06. The van der Waals surface area contributed by atoms with Gasteiger partial charge in [-0.05, 0) is 13.8 Å². The van der Waals surface area contributed by atoms with E-state index >= 15 is 0 Å². The molecular weight excluding hydrogens is 336 g/mol. The summed E-state index contributed by atoms with van der Waals surface area (Å²) in [6.07, 6.45) is 3.42. The van der Waals surface area contributed by atoms with Crippen LogP contribution in [0.4, 0.5) is 5.82 Å². The fraction of sp³-hybridized carbons (Fsp3) is 0.235. The zero-order valence-corrected chi connectivity index (χ0v) is 14.9. The Hall–Kier alpha value is -2.74. The van der Waals surface area contributed by atoms with Gasteiger partial charge in [0.05, 0.1) is 23.8 Å². The van der Waals surface area contributed by atoms with E-state index in [9.17, 15) is 4.79 Å². The van der Waals surface area contributed by atoms with Crippen LogP contribution >= 0.6 is 11.8 Å². The third-order valence-corrected chi connectivity index (χ3v) is 4.49. The maximum absolute atomic E-state index is 12.2. The van der Waals surface area contributed by atoms with E-state index in [1.807, 2.05) is 44.2 Å². The fourth-order valence-electron chi connectivity index (χ4n) is 2.37. The van der Waals surface area contributed by atoms with Crippen LogP contribution in [0.15, 0.2) is 53.9 Å². The highest BCUT2D eigenvalue weighted by Gasteiger charge is 2.13. The second kappa shape index (κ2) is 7.43. The number of amides is 1. The summed E-state index contributed by atoms with van der Waals surface area (Å²) in [6, 6.07) is 11.7. The van der Waals surface area contributed by atoms with Gasteiger partial charge in [0, 0.05) is 17.7 Å². The molecule has 1 amide bonds. The highest BCUT2D eigenvalue weighted by atomic mass is 32.2. The Morgan fingerprint density at radius 2 is 2.04 bits per heavy atom. The van der Waals surface area contributed by atoms with Crippen LogP contribution in [0.25, 0.3) is 11.3 Å². The number of thioether (sulfide) groups is 1. The second-order valence-electron chi connectivity index (χ2n) is 5.77. The Balaban J connectivity index is 1.63. The largest absolute Gasteiger partial charge is 0.337 e. The molecule has 3 N–H and O–H groups in total. The first-order valence-electron chi connectivity index (χ1n) is 7.90. The summed E-state index contributed by atoms with van der Waals surface area (Å²) >= 11 is 1.29. The third-order valence-electron chi connectivity index (χ3n) is 3.53. The molecule has 1 aromatic carbocycles. The van der Waals surface area contributed by atoms with E-state index in [4.69, 9.17) is 5.84 Å². The lowest BCUT2D eigenvalue weighted by Crippen LogP contribution is -2.19. The highest BCUT2D eigenvalue weighted by Crippen LogP contribution is 2.23. The number of imidazole rings is 1. The lowest BCUT2D eigenvalue weighted by molar-refractivity contribution is -0.113. The molecule has 0 atom stereocenters. The molecule has 7 nitrogen and oxygen atoms in total. The SMILES string of the molecule is CC(C)n1nccc1NC(=O)CSc1nc(-c2ccccc2)cn1N. The molecule has 8 heteroatoms. The number of hydrogen-bond donors (Lipinski definition) is 2. The standard InChI is InChI=1S/C17H20N6OS/c1-12(2)23-15(8-9-19-23)21-16(24)11-25-17-20-14(10-22(17)18)13-6-4-3-5-7-13/h3-10,12H,11,18H2,1-2H3,(H,21,24). The molecule has 25 heavy (non-hydrogen) atoms. The Morgan fingerprint density at radius 1 is 1.28 bits per heavy atom. The van der Waals surface area contributed by atoms with Gasteiger partial charge in [-0.15, -0.1) is 0 Å². The number of nitrogens with one attached hydrogen (secondary N) is 1. The summed E-state index contributed by atoms with van der Waals surface area (Å²) in [7, 11) is 0. The van der Waals surface area contributed by atoms with Crippen molar-refractivity contribution in [3.05, 3.63) is 48.8 Å². The van der Waals surface area contributed by atoms with Crippen molar-refractivity contribution < 1.29 is 4.79 Å². The van der Waals surface area contributed by atoms with Gasteiger partial charge < -0.3 is 11.2 Å². The molecule has 0 spiro atoms. The summed E-state index contributed by atoms with van der Waals surface area (Å²) in [5.74, 6) is 6.72. The van der Waals surface area contributed by atoms with Crippen molar-refractivity contribution in [2.75, 3.05) is 16.9 Å². The molecule has 0 bridgehead atoms. The van der Waals surface area contributed by atoms with Crippen LogP contribution in [0, 0.1) is 0 Å². The zero-order chi connectivity index (χ0) is 17.8. The predicted octanol–water partition coefficient (Wildman–Crippen LogP) is 2.77. The van der Waals surface area contributed by atoms with Crippen LogP contribution in [0.5, 0.6) is 0 Å². The van der Waals surface area contributed by atoms with E-state index < -0.39 is 0 Å². The number of rotatable bonds is 6. The molecule has 0 aliphatic heterocycles. The Labute approximate surface area is 150 Å². The number of nitrogens with zero attached hydrogens (tertiary/aromatic N) is 4. The molecule has 0 unspecified atom stereocenters. The van der Waals surface area contributed by atoms with E-state index in [1.165, 1.54) is 16.4 Å². The maximum Gasteiger partial charge on any atom is 0.235 e. The lowest BCUT2D eigenvalue weighted by Gasteiger charge is -2.11. The molecule has 0 saturated carbocycles. The van der Waals surface area contributed by atoms with Crippen molar-refractivity contribution in [2.24, 2.45) is 0 Å². The number of carbonyl (C=O) groups excluding carboxylic acids is 1. The van der Waals surface area contributed by atoms with Crippen LogP contribution in [-0.4, -0.2) is 31.1 Å². The van der Waals surface area contributed by atoms with Crippen LogP contribution in [0.3, 0.4) is 0 Å². The number of anilines is 1. The smallest absolute Gasteiger partial charge is 0.235 e. The van der Waals surface area contributed by atoms with E-state index in [0.29, 0.717) is 11.0 Å². The maximum atomic E-state index is 12.2. The monoisotopic (exact) mass is 356 g/mol. The lowest BCUT2D eigenvalue weighted by atomic mass is 10.2. The van der Waals surface area contributed by atoms with E-state index in [2.05, 4.69) is 15.4 Å². The first-order chi connectivity index (χ1) is 12.0. The van der Waals surface area contributed by atoms with Gasteiger partial charge in [0.2, 0.25) is 5.91 Å². The van der Waals surface area contributed by atoms with Crippen molar-refractivity contribution in [1.29, 1.82) is 0 Å². The van der Waals surface area contributed by atoms with E-state index in [0.717, 1.165) is 11.3 Å². The van der Waals surface area contributed by atoms with Crippen LogP contribution in [0.2, 0.25) is 0 Å². The highest BCUT2D eigenvalue weighted by molar-refractivity contribution is 7.99. The quantitative estimate of drug-likeness (QED) is 0.523. The molecule has 0 saturated heterocycles. The van der Waals surface area contributed by atoms with Gasteiger partial charge in [-0.25, -0.2) is 14.3 Å². The van der Waals surface area contributed by atoms with Gasteiger partial charge in [-0.2, -0.15) is 5.10 Å². The van der Waals surface area contributed by atoms with Gasteiger partial charge in [0.15, 0.2) is 5.16 Å². The van der Waals surface area contributed by atoms with Crippen molar-refractivity contribution in [3.8, 4) is 11.3 Å². The molecule has 0 fully saturated rings. The molecule has 2 aromatic heterocycles. The van der Waals surface area contributed by atoms with Crippen molar-refractivity contribution in [3.63, 3.8) is 0 Å². The number of nitrogens with two attached hydrogens (primary N) is 1. The number of hydrogen-bond acceptors (Lipinski definition) is 5. The third kappa shape index (κ3) is 4.03. The minimum absolute atomic E-state index is 0.128. The van der Waals surface area contributed by atoms with Crippen LogP contribution in [0.1, 0.15) is 19.9 Å². The predicted molar refractivity (Wildman–Crippen MR) is 99.8 cm³/mol. The van der Waals surface area contributed by atoms with Crippen molar-refractivity contribution >= 4 is 23.5 Å². The summed E-state index contributed by atoms with van der Waals surface area (Å²) in [5, 5.41) is 7.65. The number of benzene rings is 1. The molecule has 0 aliphatic rings. The summed E-state index contributed by atoms with van der Waals surface area (Å²) in [6.45, 7) is 4.02. The normalized spacial score (nSPS) is 11.0. The zero-order valence-electron chi connectivity index (χ0n) is 14.1. The average Bonchev–Trinajstić information content (AvgIpc) is 3.20. The van der Waals surface area contributed by atoms with Crippen molar-refractivity contribution in [2.45, 2.75) is 25.0 Å². The minimum atomic E-state index is -0.128. The number of nitrogen functional groups attached to an aromatic ring is 1. The number of carbonyl (C=O) groups is 1. The molecule has 2 heterocycles. The minimum Gasteiger partial charge on any atom is -0.337 e. The molecule has 3 rings (SSSR count). The summed E-state index contributed by atoms with van der Waals surface area (Å²) in [5.41, 5.74) is 1.77. The first kappa shape index (κ1) is 17.1. The summed E-state index contributed by atoms with van der Waals surface area (Å²) < 4.78 is 3.21. The van der Waals surface area contributed by atoms with E-state index in [1.54, 1.807) is 23.1 Å². The Bertz CT molecular complexity index is 855. The second-order valence-corrected chi connectivity index (χ2v) is 6.72. The van der Waals surface area contributed by atoms with E-state index in [-0.39, 0.29) is 17.7 Å². The van der Waals surface area contributed by atoms with Gasteiger partial charge in [-0.1, -0.05) is 42.1 Å². The molecule has 0 aliphatic carbocycles. The first-order valence-corrected chi connectivity index (χ1v) is 8.89. The van der Waals surface area contributed by atoms with Crippen molar-refractivity contribution in [1.82, 2.24) is 19.4 Å². The van der Waals surface area contributed by atoms with Gasteiger partial charge in [-0.3, -0.25) is 4.79 Å². The Morgan fingerprint density at radius 3 is 2.76 bits per heavy atom. The molecular formula is C17H20N6OS. The van der Waals surface area contributed by atoms with Gasteiger partial charge in [0.1, 0.15) is 5.82 Å². The van der Waals surface area contributed by atoms with Crippen LogP contribution in [-0.2, 0) is 4.79 Å². The Kier molecular flexibility index (Phi) is 5.08. The summed E-state index contributed by atoms with van der Waals surface area (Å²) in [4.78, 5) is 16.7. The number of aromatic nitrogens is 4. The topological polar surface area (TPSA) is 90.8 Å². The van der Waals surface area contributed by atoms with Gasteiger partial charge >= 0.3 is 0 Å². The van der Waals surface area contributed by atoms with Crippen LogP contribution < -0.4 is 11.2 Å². The molecule has 0 radical (unpaired) electrons.